The van der Waals surface area contributed by atoms with E-state index in [1.54, 1.807) is 11.3 Å². The van der Waals surface area contributed by atoms with Gasteiger partial charge in [-0.25, -0.2) is 4.98 Å². The third-order valence-corrected chi connectivity index (χ3v) is 4.60. The van der Waals surface area contributed by atoms with Gasteiger partial charge in [-0.2, -0.15) is 0 Å². The molecule has 112 valence electrons. The predicted molar refractivity (Wildman–Crippen MR) is 88.9 cm³/mol. The molecule has 0 fully saturated rings. The minimum atomic E-state index is -0.0255. The molecule has 2 rings (SSSR count). The minimum Gasteiger partial charge on any atom is -0.352 e. The molecular weight excluding hydrogens is 304 g/mol. The number of benzene rings is 1. The van der Waals surface area contributed by atoms with Crippen molar-refractivity contribution in [1.82, 2.24) is 10.3 Å². The number of aromatic nitrogens is 1. The molecule has 0 aliphatic heterocycles. The lowest BCUT2D eigenvalue weighted by Gasteiger charge is -2.10. The molecule has 1 aromatic heterocycles. The Balaban J connectivity index is 2.03. The maximum atomic E-state index is 12.0. The maximum absolute atomic E-state index is 12.0. The summed E-state index contributed by atoms with van der Waals surface area (Å²) in [5.74, 6) is 0.895. The summed E-state index contributed by atoms with van der Waals surface area (Å²) in [6.07, 6.45) is 1.06. The average Bonchev–Trinajstić information content (AvgIpc) is 3.01. The van der Waals surface area contributed by atoms with Crippen molar-refractivity contribution in [2.45, 2.75) is 26.1 Å². The molecule has 0 aliphatic rings. The van der Waals surface area contributed by atoms with Crippen LogP contribution in [0, 0.1) is 5.92 Å². The van der Waals surface area contributed by atoms with E-state index in [4.69, 9.17) is 11.6 Å². The Labute approximate surface area is 134 Å². The molecule has 0 saturated carbocycles. The Bertz CT molecular complexity index is 595. The van der Waals surface area contributed by atoms with E-state index in [2.05, 4.69) is 24.1 Å². The summed E-state index contributed by atoms with van der Waals surface area (Å²) in [6.45, 7) is 4.96. The van der Waals surface area contributed by atoms with Crippen molar-refractivity contribution in [3.05, 3.63) is 40.9 Å². The Morgan fingerprint density at radius 1 is 1.38 bits per heavy atom. The molecule has 1 N–H and O–H groups in total. The van der Waals surface area contributed by atoms with Gasteiger partial charge >= 0.3 is 0 Å². The Morgan fingerprint density at radius 3 is 2.67 bits per heavy atom. The number of carbonyl (C=O) groups excluding carboxylic acids is 1. The molecule has 1 aromatic carbocycles. The van der Waals surface area contributed by atoms with Crippen LogP contribution in [0.25, 0.3) is 10.6 Å². The third kappa shape index (κ3) is 4.29. The van der Waals surface area contributed by atoms with Gasteiger partial charge in [0.15, 0.2) is 0 Å². The number of nitrogens with zero attached hydrogens (tertiary/aromatic N) is 1. The van der Waals surface area contributed by atoms with Gasteiger partial charge in [0, 0.05) is 23.1 Å². The number of amides is 1. The molecule has 1 unspecified atom stereocenters. The number of hydrogen-bond donors (Lipinski definition) is 1. The van der Waals surface area contributed by atoms with Gasteiger partial charge in [0.2, 0.25) is 0 Å². The standard InChI is InChI=1S/C16H19ClN2OS/c1-3-11(2)9-18-15(20)12-4-6-13(7-5-12)16-19-14(8-17)10-21-16/h4-7,10-11H,3,8-9H2,1-2H3,(H,18,20). The van der Waals surface area contributed by atoms with Crippen molar-refractivity contribution in [2.24, 2.45) is 5.92 Å². The summed E-state index contributed by atoms with van der Waals surface area (Å²) in [5.41, 5.74) is 2.57. The first-order chi connectivity index (χ1) is 10.1. The molecule has 1 heterocycles. The highest BCUT2D eigenvalue weighted by Crippen LogP contribution is 2.24. The van der Waals surface area contributed by atoms with Crippen LogP contribution in [0.2, 0.25) is 0 Å². The lowest BCUT2D eigenvalue weighted by molar-refractivity contribution is 0.0948. The SMILES string of the molecule is CCC(C)CNC(=O)c1ccc(-c2nc(CCl)cs2)cc1. The fourth-order valence-electron chi connectivity index (χ4n) is 1.78. The van der Waals surface area contributed by atoms with Gasteiger partial charge in [0.1, 0.15) is 5.01 Å². The van der Waals surface area contributed by atoms with E-state index in [1.165, 1.54) is 0 Å². The van der Waals surface area contributed by atoms with Gasteiger partial charge in [-0.15, -0.1) is 22.9 Å². The van der Waals surface area contributed by atoms with Gasteiger partial charge in [0.25, 0.3) is 5.91 Å². The molecule has 0 spiro atoms. The van der Waals surface area contributed by atoms with E-state index in [1.807, 2.05) is 29.6 Å². The molecule has 21 heavy (non-hydrogen) atoms. The van der Waals surface area contributed by atoms with Crippen LogP contribution < -0.4 is 5.32 Å². The average molecular weight is 323 g/mol. The summed E-state index contributed by atoms with van der Waals surface area (Å²) >= 11 is 7.32. The van der Waals surface area contributed by atoms with Crippen LogP contribution in [-0.4, -0.2) is 17.4 Å². The molecule has 0 saturated heterocycles. The molecule has 0 radical (unpaired) electrons. The zero-order chi connectivity index (χ0) is 15.2. The second-order valence-corrected chi connectivity index (χ2v) is 6.20. The summed E-state index contributed by atoms with van der Waals surface area (Å²) in [4.78, 5) is 16.5. The number of hydrogen-bond acceptors (Lipinski definition) is 3. The summed E-state index contributed by atoms with van der Waals surface area (Å²) in [7, 11) is 0. The smallest absolute Gasteiger partial charge is 0.251 e. The first-order valence-corrected chi connectivity index (χ1v) is 8.44. The number of nitrogens with one attached hydrogen (secondary N) is 1. The lowest BCUT2D eigenvalue weighted by atomic mass is 10.1. The second kappa shape index (κ2) is 7.57. The number of rotatable bonds is 6. The first-order valence-electron chi connectivity index (χ1n) is 7.03. The second-order valence-electron chi connectivity index (χ2n) is 5.08. The van der Waals surface area contributed by atoms with Crippen molar-refractivity contribution >= 4 is 28.8 Å². The monoisotopic (exact) mass is 322 g/mol. The van der Waals surface area contributed by atoms with Gasteiger partial charge in [0.05, 0.1) is 11.6 Å². The molecule has 0 bridgehead atoms. The molecule has 2 aromatic rings. The number of halogens is 1. The van der Waals surface area contributed by atoms with Crippen LogP contribution in [-0.2, 0) is 5.88 Å². The van der Waals surface area contributed by atoms with Crippen LogP contribution in [0.5, 0.6) is 0 Å². The van der Waals surface area contributed by atoms with Crippen LogP contribution in [0.15, 0.2) is 29.6 Å². The van der Waals surface area contributed by atoms with E-state index in [0.717, 1.165) is 22.7 Å². The van der Waals surface area contributed by atoms with E-state index < -0.39 is 0 Å². The molecule has 1 amide bonds. The fraction of sp³-hybridized carbons (Fsp3) is 0.375. The van der Waals surface area contributed by atoms with Crippen LogP contribution in [0.4, 0.5) is 0 Å². The van der Waals surface area contributed by atoms with E-state index >= 15 is 0 Å². The summed E-state index contributed by atoms with van der Waals surface area (Å²) < 4.78 is 0. The number of carbonyl (C=O) groups is 1. The van der Waals surface area contributed by atoms with E-state index in [9.17, 15) is 4.79 Å². The van der Waals surface area contributed by atoms with Crippen LogP contribution in [0.1, 0.15) is 36.3 Å². The zero-order valence-corrected chi connectivity index (χ0v) is 13.8. The molecule has 0 aliphatic carbocycles. The lowest BCUT2D eigenvalue weighted by Crippen LogP contribution is -2.27. The summed E-state index contributed by atoms with van der Waals surface area (Å²) in [6, 6.07) is 7.52. The Hall–Kier alpha value is -1.39. The van der Waals surface area contributed by atoms with Crippen molar-refractivity contribution in [3.63, 3.8) is 0 Å². The largest absolute Gasteiger partial charge is 0.352 e. The van der Waals surface area contributed by atoms with Gasteiger partial charge in [-0.05, 0) is 18.1 Å². The van der Waals surface area contributed by atoms with Crippen molar-refractivity contribution in [2.75, 3.05) is 6.54 Å². The molecule has 5 heteroatoms. The van der Waals surface area contributed by atoms with Gasteiger partial charge in [-0.3, -0.25) is 4.79 Å². The van der Waals surface area contributed by atoms with Crippen LogP contribution in [0.3, 0.4) is 0 Å². The molecular formula is C16H19ClN2OS. The summed E-state index contributed by atoms with van der Waals surface area (Å²) in [5, 5.41) is 5.83. The van der Waals surface area contributed by atoms with Crippen molar-refractivity contribution in [1.29, 1.82) is 0 Å². The van der Waals surface area contributed by atoms with Gasteiger partial charge in [-0.1, -0.05) is 32.4 Å². The highest BCUT2D eigenvalue weighted by atomic mass is 35.5. The Morgan fingerprint density at radius 2 is 2.10 bits per heavy atom. The zero-order valence-electron chi connectivity index (χ0n) is 12.2. The van der Waals surface area contributed by atoms with E-state index in [0.29, 0.717) is 23.9 Å². The number of alkyl halides is 1. The minimum absolute atomic E-state index is 0.0255. The normalized spacial score (nSPS) is 12.1. The topological polar surface area (TPSA) is 42.0 Å². The van der Waals surface area contributed by atoms with Gasteiger partial charge < -0.3 is 5.32 Å². The highest BCUT2D eigenvalue weighted by molar-refractivity contribution is 7.13. The van der Waals surface area contributed by atoms with E-state index in [-0.39, 0.29) is 5.91 Å². The fourth-order valence-corrected chi connectivity index (χ4v) is 2.83. The van der Waals surface area contributed by atoms with Crippen LogP contribution >= 0.6 is 22.9 Å². The quantitative estimate of drug-likeness (QED) is 0.804. The molecule has 1 atom stereocenters. The highest BCUT2D eigenvalue weighted by Gasteiger charge is 2.09. The molecule has 3 nitrogen and oxygen atoms in total. The van der Waals surface area contributed by atoms with Crippen molar-refractivity contribution in [3.8, 4) is 10.6 Å². The Kier molecular flexibility index (Phi) is 5.76. The third-order valence-electron chi connectivity index (χ3n) is 3.39. The first kappa shape index (κ1) is 16.0. The maximum Gasteiger partial charge on any atom is 0.251 e. The van der Waals surface area contributed by atoms with Crippen molar-refractivity contribution < 1.29 is 4.79 Å². The predicted octanol–water partition coefficient (Wildman–Crippen LogP) is 4.32. The number of thiazole rings is 1.